The van der Waals surface area contributed by atoms with Crippen LogP contribution < -0.4 is 0 Å². The van der Waals surface area contributed by atoms with Gasteiger partial charge >= 0.3 is 0 Å². The van der Waals surface area contributed by atoms with Gasteiger partial charge in [0, 0.05) is 11.8 Å². The molecule has 138 valence electrons. The zero-order valence-electron chi connectivity index (χ0n) is 16.0. The van der Waals surface area contributed by atoms with Crippen molar-refractivity contribution >= 4 is 21.5 Å². The van der Waals surface area contributed by atoms with Crippen LogP contribution in [-0.2, 0) is 0 Å². The van der Waals surface area contributed by atoms with Crippen molar-refractivity contribution in [1.29, 1.82) is 0 Å². The number of hydrogen-bond acceptors (Lipinski definition) is 2. The summed E-state index contributed by atoms with van der Waals surface area (Å²) in [4.78, 5) is 0. The molecule has 2 atom stereocenters. The van der Waals surface area contributed by atoms with E-state index in [1.54, 1.807) is 13.8 Å². The molecule has 2 heteroatoms. The quantitative estimate of drug-likeness (QED) is 0.461. The van der Waals surface area contributed by atoms with Gasteiger partial charge in [0.25, 0.3) is 0 Å². The third kappa shape index (κ3) is 1.80. The van der Waals surface area contributed by atoms with E-state index in [-0.39, 0.29) is 11.8 Å². The van der Waals surface area contributed by atoms with Crippen LogP contribution >= 0.6 is 0 Å². The lowest BCUT2D eigenvalue weighted by molar-refractivity contribution is -0.135. The molecule has 0 heterocycles. The lowest BCUT2D eigenvalue weighted by Crippen LogP contribution is -2.53. The van der Waals surface area contributed by atoms with Crippen LogP contribution in [0.1, 0.15) is 47.9 Å². The Morgan fingerprint density at radius 2 is 1.07 bits per heavy atom. The second-order valence-electron chi connectivity index (χ2n) is 8.91. The van der Waals surface area contributed by atoms with Gasteiger partial charge in [0.15, 0.2) is 0 Å². The van der Waals surface area contributed by atoms with Crippen LogP contribution in [0.15, 0.2) is 72.8 Å². The maximum absolute atomic E-state index is 11.9. The second kappa shape index (κ2) is 5.02. The van der Waals surface area contributed by atoms with Crippen LogP contribution in [0.4, 0.5) is 0 Å². The Hall–Kier alpha value is -2.68. The van der Waals surface area contributed by atoms with Gasteiger partial charge in [-0.25, -0.2) is 0 Å². The van der Waals surface area contributed by atoms with Gasteiger partial charge in [0.2, 0.25) is 0 Å². The number of rotatable bonds is 1. The molecule has 0 saturated carbocycles. The van der Waals surface area contributed by atoms with Crippen LogP contribution in [0.2, 0.25) is 0 Å². The molecule has 0 amide bonds. The first-order valence-corrected chi connectivity index (χ1v) is 9.89. The molecule has 0 aliphatic heterocycles. The van der Waals surface area contributed by atoms with E-state index < -0.39 is 11.2 Å². The highest BCUT2D eigenvalue weighted by Gasteiger charge is 2.65. The fourth-order valence-electron chi connectivity index (χ4n) is 5.72. The molecule has 6 rings (SSSR count). The van der Waals surface area contributed by atoms with Gasteiger partial charge in [-0.1, -0.05) is 60.7 Å². The molecule has 2 bridgehead atoms. The molecule has 0 fully saturated rings. The Bertz CT molecular complexity index is 1190. The summed E-state index contributed by atoms with van der Waals surface area (Å²) in [5.74, 6) is -0.417. The summed E-state index contributed by atoms with van der Waals surface area (Å²) in [6.07, 6.45) is 0. The normalized spacial score (nSPS) is 25.3. The smallest absolute Gasteiger partial charge is 0.114 e. The molecule has 4 aromatic carbocycles. The molecule has 28 heavy (non-hydrogen) atoms. The SMILES string of the molecule is CC(C)(O)C1(O)C2c3ccccc3C1c1cc3cc4ccccc4cc3cc12. The Morgan fingerprint density at radius 3 is 1.50 bits per heavy atom. The van der Waals surface area contributed by atoms with E-state index in [1.165, 1.54) is 21.5 Å². The van der Waals surface area contributed by atoms with Crippen LogP contribution in [0.5, 0.6) is 0 Å². The van der Waals surface area contributed by atoms with Crippen molar-refractivity contribution in [1.82, 2.24) is 0 Å². The summed E-state index contributed by atoms with van der Waals surface area (Å²) in [5.41, 5.74) is 2.12. The number of hydrogen-bond donors (Lipinski definition) is 2. The minimum absolute atomic E-state index is 0.209. The zero-order chi connectivity index (χ0) is 19.3. The average molecular weight is 366 g/mol. The topological polar surface area (TPSA) is 40.5 Å². The van der Waals surface area contributed by atoms with E-state index in [9.17, 15) is 10.2 Å². The molecule has 0 radical (unpaired) electrons. The predicted octanol–water partition coefficient (Wildman–Crippen LogP) is 5.09. The van der Waals surface area contributed by atoms with E-state index in [2.05, 4.69) is 60.7 Å². The molecule has 2 unspecified atom stereocenters. The molecule has 2 aliphatic rings. The van der Waals surface area contributed by atoms with Crippen LogP contribution in [-0.4, -0.2) is 21.4 Å². The lowest BCUT2D eigenvalue weighted by atomic mass is 9.74. The molecule has 2 aliphatic carbocycles. The largest absolute Gasteiger partial charge is 0.387 e. The maximum atomic E-state index is 11.9. The first-order valence-electron chi connectivity index (χ1n) is 9.89. The zero-order valence-corrected chi connectivity index (χ0v) is 16.0. The Balaban J connectivity index is 1.69. The number of aliphatic hydroxyl groups is 2. The van der Waals surface area contributed by atoms with Crippen molar-refractivity contribution in [2.45, 2.75) is 36.9 Å². The fraction of sp³-hybridized carbons (Fsp3) is 0.231. The molecule has 2 nitrogen and oxygen atoms in total. The highest BCUT2D eigenvalue weighted by atomic mass is 16.4. The molecule has 2 N–H and O–H groups in total. The van der Waals surface area contributed by atoms with Gasteiger partial charge in [-0.2, -0.15) is 0 Å². The average Bonchev–Trinajstić information content (AvgIpc) is 3.09. The van der Waals surface area contributed by atoms with E-state index in [4.69, 9.17) is 0 Å². The van der Waals surface area contributed by atoms with Gasteiger partial charge in [0.1, 0.15) is 5.60 Å². The van der Waals surface area contributed by atoms with Gasteiger partial charge < -0.3 is 10.2 Å². The summed E-state index contributed by atoms with van der Waals surface area (Å²) in [5, 5.41) is 27.8. The first kappa shape index (κ1) is 16.3. The van der Waals surface area contributed by atoms with E-state index in [0.717, 1.165) is 22.3 Å². The summed E-state index contributed by atoms with van der Waals surface area (Å²) < 4.78 is 0. The molecular weight excluding hydrogens is 344 g/mol. The van der Waals surface area contributed by atoms with Crippen LogP contribution in [0.25, 0.3) is 21.5 Å². The Morgan fingerprint density at radius 1 is 0.643 bits per heavy atom. The molecule has 4 aromatic rings. The molecule has 0 aromatic heterocycles. The van der Waals surface area contributed by atoms with Crippen molar-refractivity contribution in [3.63, 3.8) is 0 Å². The first-order chi connectivity index (χ1) is 13.4. The second-order valence-corrected chi connectivity index (χ2v) is 8.91. The highest BCUT2D eigenvalue weighted by molar-refractivity contribution is 5.99. The van der Waals surface area contributed by atoms with Crippen molar-refractivity contribution < 1.29 is 10.2 Å². The summed E-state index contributed by atoms with van der Waals surface area (Å²) >= 11 is 0. The monoisotopic (exact) mass is 366 g/mol. The minimum atomic E-state index is -1.24. The van der Waals surface area contributed by atoms with Crippen molar-refractivity contribution in [3.05, 3.63) is 95.1 Å². The van der Waals surface area contributed by atoms with E-state index in [0.29, 0.717) is 0 Å². The van der Waals surface area contributed by atoms with Gasteiger partial charge in [-0.3, -0.25) is 0 Å². The van der Waals surface area contributed by atoms with Gasteiger partial charge in [0.05, 0.1) is 5.60 Å². The molecule has 0 spiro atoms. The predicted molar refractivity (Wildman–Crippen MR) is 113 cm³/mol. The van der Waals surface area contributed by atoms with E-state index >= 15 is 0 Å². The van der Waals surface area contributed by atoms with Gasteiger partial charge in [-0.15, -0.1) is 0 Å². The summed E-state index contributed by atoms with van der Waals surface area (Å²) in [7, 11) is 0. The lowest BCUT2D eigenvalue weighted by Gasteiger charge is -2.40. The Labute approximate surface area is 164 Å². The standard InChI is InChI=1S/C26H22O2/c1-25(2,27)26(28)23-19-9-5-6-10-20(19)24(26)22-14-18-12-16-8-4-3-7-15(16)11-17(18)13-21(22)23/h3-14,23-24,27-28H,1-2H3. The molecular formula is C26H22O2. The van der Waals surface area contributed by atoms with Crippen molar-refractivity contribution in [3.8, 4) is 0 Å². The van der Waals surface area contributed by atoms with Crippen molar-refractivity contribution in [2.24, 2.45) is 0 Å². The summed E-state index contributed by atoms with van der Waals surface area (Å²) in [6.45, 7) is 3.47. The van der Waals surface area contributed by atoms with Crippen LogP contribution in [0, 0.1) is 0 Å². The third-order valence-electron chi connectivity index (χ3n) is 7.01. The van der Waals surface area contributed by atoms with Gasteiger partial charge in [-0.05, 0) is 69.8 Å². The maximum Gasteiger partial charge on any atom is 0.114 e. The summed E-state index contributed by atoms with van der Waals surface area (Å²) in [6, 6.07) is 25.6. The Kier molecular flexibility index (Phi) is 2.92. The number of fused-ring (bicyclic) bond motifs is 10. The minimum Gasteiger partial charge on any atom is -0.387 e. The highest BCUT2D eigenvalue weighted by Crippen LogP contribution is 2.65. The number of benzene rings is 4. The third-order valence-corrected chi connectivity index (χ3v) is 7.01. The fourth-order valence-corrected chi connectivity index (χ4v) is 5.72. The molecule has 0 saturated heterocycles. The van der Waals surface area contributed by atoms with Crippen LogP contribution in [0.3, 0.4) is 0 Å². The van der Waals surface area contributed by atoms with Crippen molar-refractivity contribution in [2.75, 3.05) is 0 Å². The van der Waals surface area contributed by atoms with E-state index in [1.807, 2.05) is 12.1 Å².